The standard InChI is InChI=1S/C15H20N2O/c1-11-5-4-6-13(9-11)10-14-12(2)17(3)15(16-14)7-8-18/h4-6,9,18H,7-8,10H2,1-3H3. The number of aliphatic hydroxyl groups is 1. The molecule has 3 heteroatoms. The van der Waals surface area contributed by atoms with Crippen molar-refractivity contribution in [2.75, 3.05) is 6.61 Å². The van der Waals surface area contributed by atoms with Crippen LogP contribution in [0.5, 0.6) is 0 Å². The lowest BCUT2D eigenvalue weighted by Crippen LogP contribution is -2.01. The third kappa shape index (κ3) is 2.62. The van der Waals surface area contributed by atoms with E-state index < -0.39 is 0 Å². The van der Waals surface area contributed by atoms with E-state index in [0.29, 0.717) is 6.42 Å². The Kier molecular flexibility index (Phi) is 3.82. The van der Waals surface area contributed by atoms with E-state index in [1.54, 1.807) is 0 Å². The van der Waals surface area contributed by atoms with E-state index in [0.717, 1.165) is 17.9 Å². The minimum absolute atomic E-state index is 0.147. The Labute approximate surface area is 108 Å². The SMILES string of the molecule is Cc1cccc(Cc2nc(CCO)n(C)c2C)c1. The van der Waals surface area contributed by atoms with Gasteiger partial charge in [-0.3, -0.25) is 0 Å². The van der Waals surface area contributed by atoms with Gasteiger partial charge in [0.2, 0.25) is 0 Å². The summed E-state index contributed by atoms with van der Waals surface area (Å²) in [5, 5.41) is 9.02. The summed E-state index contributed by atoms with van der Waals surface area (Å²) in [6.07, 6.45) is 1.47. The van der Waals surface area contributed by atoms with Crippen molar-refractivity contribution in [3.8, 4) is 0 Å². The second-order valence-corrected chi connectivity index (χ2v) is 4.76. The average molecular weight is 244 g/mol. The first-order valence-corrected chi connectivity index (χ1v) is 6.29. The molecule has 1 heterocycles. The molecular weight excluding hydrogens is 224 g/mol. The van der Waals surface area contributed by atoms with Crippen molar-refractivity contribution in [2.45, 2.75) is 26.7 Å². The fourth-order valence-electron chi connectivity index (χ4n) is 2.21. The Morgan fingerprint density at radius 2 is 2.06 bits per heavy atom. The summed E-state index contributed by atoms with van der Waals surface area (Å²) in [7, 11) is 2.01. The van der Waals surface area contributed by atoms with Crippen LogP contribution in [0.25, 0.3) is 0 Å². The van der Waals surface area contributed by atoms with Gasteiger partial charge in [-0.05, 0) is 19.4 Å². The molecular formula is C15H20N2O. The van der Waals surface area contributed by atoms with Gasteiger partial charge in [0.25, 0.3) is 0 Å². The quantitative estimate of drug-likeness (QED) is 0.895. The predicted molar refractivity (Wildman–Crippen MR) is 72.7 cm³/mol. The third-order valence-corrected chi connectivity index (χ3v) is 3.36. The molecule has 18 heavy (non-hydrogen) atoms. The fraction of sp³-hybridized carbons (Fsp3) is 0.400. The van der Waals surface area contributed by atoms with Gasteiger partial charge >= 0.3 is 0 Å². The Hall–Kier alpha value is -1.61. The zero-order chi connectivity index (χ0) is 13.1. The van der Waals surface area contributed by atoms with Gasteiger partial charge in [-0.15, -0.1) is 0 Å². The Bertz CT molecular complexity index is 543. The maximum Gasteiger partial charge on any atom is 0.111 e. The summed E-state index contributed by atoms with van der Waals surface area (Å²) in [4.78, 5) is 4.63. The van der Waals surface area contributed by atoms with E-state index in [2.05, 4.69) is 47.7 Å². The van der Waals surface area contributed by atoms with Crippen molar-refractivity contribution >= 4 is 0 Å². The van der Waals surface area contributed by atoms with Gasteiger partial charge in [0, 0.05) is 25.6 Å². The van der Waals surface area contributed by atoms with Gasteiger partial charge < -0.3 is 9.67 Å². The lowest BCUT2D eigenvalue weighted by molar-refractivity contribution is 0.295. The molecule has 1 aromatic heterocycles. The van der Waals surface area contributed by atoms with Crippen LogP contribution >= 0.6 is 0 Å². The Morgan fingerprint density at radius 3 is 2.72 bits per heavy atom. The first kappa shape index (κ1) is 12.8. The molecule has 3 nitrogen and oxygen atoms in total. The van der Waals surface area contributed by atoms with E-state index in [4.69, 9.17) is 5.11 Å². The molecule has 0 aliphatic heterocycles. The summed E-state index contributed by atoms with van der Waals surface area (Å²) in [6, 6.07) is 8.51. The molecule has 1 N–H and O–H groups in total. The molecule has 0 aliphatic rings. The highest BCUT2D eigenvalue weighted by Crippen LogP contribution is 2.15. The van der Waals surface area contributed by atoms with Crippen LogP contribution in [0.1, 0.15) is 28.3 Å². The summed E-state index contributed by atoms with van der Waals surface area (Å²) < 4.78 is 2.07. The maximum atomic E-state index is 9.02. The van der Waals surface area contributed by atoms with Crippen molar-refractivity contribution in [1.82, 2.24) is 9.55 Å². The topological polar surface area (TPSA) is 38.1 Å². The Morgan fingerprint density at radius 1 is 1.28 bits per heavy atom. The van der Waals surface area contributed by atoms with Crippen LogP contribution in [0, 0.1) is 13.8 Å². The molecule has 0 bridgehead atoms. The molecule has 0 amide bonds. The van der Waals surface area contributed by atoms with E-state index in [1.165, 1.54) is 16.8 Å². The van der Waals surface area contributed by atoms with Gasteiger partial charge in [0.15, 0.2) is 0 Å². The number of rotatable bonds is 4. The molecule has 0 atom stereocenters. The van der Waals surface area contributed by atoms with Crippen molar-refractivity contribution < 1.29 is 5.11 Å². The highest BCUT2D eigenvalue weighted by molar-refractivity contribution is 5.28. The van der Waals surface area contributed by atoms with E-state index in [-0.39, 0.29) is 6.61 Å². The van der Waals surface area contributed by atoms with E-state index >= 15 is 0 Å². The number of nitrogens with zero attached hydrogens (tertiary/aromatic N) is 2. The van der Waals surface area contributed by atoms with Gasteiger partial charge in [-0.1, -0.05) is 29.8 Å². The minimum Gasteiger partial charge on any atom is -0.396 e. The number of aromatic nitrogens is 2. The average Bonchev–Trinajstić information content (AvgIpc) is 2.59. The van der Waals surface area contributed by atoms with Crippen molar-refractivity contribution in [1.29, 1.82) is 0 Å². The first-order chi connectivity index (χ1) is 8.61. The normalized spacial score (nSPS) is 10.9. The number of hydrogen-bond donors (Lipinski definition) is 1. The highest BCUT2D eigenvalue weighted by atomic mass is 16.3. The molecule has 96 valence electrons. The second-order valence-electron chi connectivity index (χ2n) is 4.76. The van der Waals surface area contributed by atoms with Gasteiger partial charge in [0.05, 0.1) is 12.3 Å². The molecule has 0 unspecified atom stereocenters. The second kappa shape index (κ2) is 5.36. The molecule has 0 aliphatic carbocycles. The molecule has 0 radical (unpaired) electrons. The van der Waals surface area contributed by atoms with Crippen LogP contribution in [0.15, 0.2) is 24.3 Å². The van der Waals surface area contributed by atoms with Crippen molar-refractivity contribution in [3.63, 3.8) is 0 Å². The zero-order valence-electron chi connectivity index (χ0n) is 11.3. The molecule has 0 fully saturated rings. The zero-order valence-corrected chi connectivity index (χ0v) is 11.3. The van der Waals surface area contributed by atoms with Gasteiger partial charge in [0.1, 0.15) is 5.82 Å². The number of aliphatic hydroxyl groups excluding tert-OH is 1. The Balaban J connectivity index is 2.26. The van der Waals surface area contributed by atoms with Crippen LogP contribution < -0.4 is 0 Å². The first-order valence-electron chi connectivity index (χ1n) is 6.29. The van der Waals surface area contributed by atoms with Gasteiger partial charge in [-0.25, -0.2) is 4.98 Å². The van der Waals surface area contributed by atoms with Crippen molar-refractivity contribution in [3.05, 3.63) is 52.6 Å². The largest absolute Gasteiger partial charge is 0.396 e. The van der Waals surface area contributed by atoms with Crippen LogP contribution in [-0.2, 0) is 19.9 Å². The summed E-state index contributed by atoms with van der Waals surface area (Å²) >= 11 is 0. The third-order valence-electron chi connectivity index (χ3n) is 3.36. The molecule has 0 saturated heterocycles. The molecule has 0 spiro atoms. The summed E-state index contributed by atoms with van der Waals surface area (Å²) in [5.74, 6) is 0.956. The van der Waals surface area contributed by atoms with Gasteiger partial charge in [-0.2, -0.15) is 0 Å². The predicted octanol–water partition coefficient (Wildman–Crippen LogP) is 2.16. The molecule has 2 rings (SSSR count). The lowest BCUT2D eigenvalue weighted by atomic mass is 10.1. The van der Waals surface area contributed by atoms with E-state index in [1.807, 2.05) is 7.05 Å². The summed E-state index contributed by atoms with van der Waals surface area (Å²) in [6.45, 7) is 4.33. The minimum atomic E-state index is 0.147. The van der Waals surface area contributed by atoms with Crippen LogP contribution in [0.2, 0.25) is 0 Å². The van der Waals surface area contributed by atoms with Crippen LogP contribution in [-0.4, -0.2) is 21.3 Å². The monoisotopic (exact) mass is 244 g/mol. The van der Waals surface area contributed by atoms with Crippen LogP contribution in [0.3, 0.4) is 0 Å². The number of benzene rings is 1. The molecule has 2 aromatic rings. The molecule has 0 saturated carbocycles. The lowest BCUT2D eigenvalue weighted by Gasteiger charge is -2.02. The number of hydrogen-bond acceptors (Lipinski definition) is 2. The molecule has 1 aromatic carbocycles. The number of aryl methyl sites for hydroxylation is 1. The van der Waals surface area contributed by atoms with E-state index in [9.17, 15) is 0 Å². The summed E-state index contributed by atoms with van der Waals surface area (Å²) in [5.41, 5.74) is 4.84. The van der Waals surface area contributed by atoms with Crippen LogP contribution in [0.4, 0.5) is 0 Å². The number of imidazole rings is 1. The highest BCUT2D eigenvalue weighted by Gasteiger charge is 2.11. The van der Waals surface area contributed by atoms with Crippen molar-refractivity contribution in [2.24, 2.45) is 7.05 Å². The maximum absolute atomic E-state index is 9.02. The fourth-order valence-corrected chi connectivity index (χ4v) is 2.21. The smallest absolute Gasteiger partial charge is 0.111 e.